The number of ketones is 1. The first-order valence-corrected chi connectivity index (χ1v) is 5.97. The fourth-order valence-corrected chi connectivity index (χ4v) is 2.30. The van der Waals surface area contributed by atoms with Crippen molar-refractivity contribution < 1.29 is 4.79 Å². The molecule has 92 valence electrons. The lowest BCUT2D eigenvalue weighted by molar-refractivity contribution is -0.120. The van der Waals surface area contributed by atoms with E-state index in [-0.39, 0.29) is 16.7 Å². The topological polar surface area (TPSA) is 71.9 Å². The number of nitrogens with one attached hydrogen (secondary N) is 1. The molecule has 1 aromatic heterocycles. The molecule has 6 heteroatoms. The molecule has 17 heavy (non-hydrogen) atoms. The number of carbonyl (C=O) groups excluding carboxylic acids is 1. The van der Waals surface area contributed by atoms with E-state index in [0.29, 0.717) is 19.4 Å². The van der Waals surface area contributed by atoms with Crippen LogP contribution >= 0.6 is 11.6 Å². The molecule has 0 aromatic carbocycles. The average molecular weight is 257 g/mol. The number of aryl methyl sites for hydroxylation is 1. The summed E-state index contributed by atoms with van der Waals surface area (Å²) in [6.45, 7) is 0.408. The Kier molecular flexibility index (Phi) is 3.47. The largest absolute Gasteiger partial charge is 0.328 e. The summed E-state index contributed by atoms with van der Waals surface area (Å²) in [4.78, 5) is 36.1. The van der Waals surface area contributed by atoms with Crippen molar-refractivity contribution >= 4 is 17.4 Å². The molecule has 0 radical (unpaired) electrons. The van der Waals surface area contributed by atoms with E-state index in [1.54, 1.807) is 0 Å². The van der Waals surface area contributed by atoms with Gasteiger partial charge in [-0.3, -0.25) is 19.1 Å². The van der Waals surface area contributed by atoms with Crippen LogP contribution in [0.25, 0.3) is 0 Å². The van der Waals surface area contributed by atoms with Crippen molar-refractivity contribution in [1.82, 2.24) is 9.55 Å². The van der Waals surface area contributed by atoms with E-state index in [9.17, 15) is 14.4 Å². The molecule has 1 fully saturated rings. The fraction of sp³-hybridized carbons (Fsp3) is 0.545. The van der Waals surface area contributed by atoms with Gasteiger partial charge < -0.3 is 0 Å². The fourth-order valence-electron chi connectivity index (χ4n) is 2.14. The summed E-state index contributed by atoms with van der Waals surface area (Å²) in [5, 5.41) is -0.0117. The van der Waals surface area contributed by atoms with Gasteiger partial charge in [0, 0.05) is 25.1 Å². The molecule has 1 saturated carbocycles. The van der Waals surface area contributed by atoms with E-state index in [2.05, 4.69) is 4.98 Å². The van der Waals surface area contributed by atoms with Gasteiger partial charge in [-0.15, -0.1) is 0 Å². The van der Waals surface area contributed by atoms with E-state index >= 15 is 0 Å². The van der Waals surface area contributed by atoms with Crippen LogP contribution in [-0.4, -0.2) is 15.3 Å². The minimum atomic E-state index is -0.579. The van der Waals surface area contributed by atoms with Crippen LogP contribution in [0.15, 0.2) is 15.8 Å². The third-order valence-electron chi connectivity index (χ3n) is 3.12. The number of carbonyl (C=O) groups is 1. The summed E-state index contributed by atoms with van der Waals surface area (Å²) < 4.78 is 1.34. The van der Waals surface area contributed by atoms with Crippen LogP contribution in [0.3, 0.4) is 0 Å². The summed E-state index contributed by atoms with van der Waals surface area (Å²) in [6, 6.07) is 0. The summed E-state index contributed by atoms with van der Waals surface area (Å²) in [5.74, 6) is 0.321. The van der Waals surface area contributed by atoms with E-state index in [0.717, 1.165) is 12.8 Å². The zero-order valence-corrected chi connectivity index (χ0v) is 10.00. The minimum Gasteiger partial charge on any atom is -0.299 e. The number of aromatic amines is 1. The van der Waals surface area contributed by atoms with E-state index in [4.69, 9.17) is 11.6 Å². The normalized spacial score (nSPS) is 19.8. The first-order chi connectivity index (χ1) is 8.08. The maximum atomic E-state index is 11.4. The van der Waals surface area contributed by atoms with Crippen molar-refractivity contribution in [1.29, 1.82) is 0 Å². The van der Waals surface area contributed by atoms with E-state index in [1.807, 2.05) is 0 Å². The maximum absolute atomic E-state index is 11.4. The highest BCUT2D eigenvalue weighted by molar-refractivity contribution is 6.30. The van der Waals surface area contributed by atoms with Gasteiger partial charge in [0.2, 0.25) is 0 Å². The quantitative estimate of drug-likeness (QED) is 0.875. The monoisotopic (exact) mass is 256 g/mol. The molecule has 0 bridgehead atoms. The number of halogens is 1. The number of hydrogen-bond acceptors (Lipinski definition) is 3. The highest BCUT2D eigenvalue weighted by Gasteiger charge is 2.23. The second kappa shape index (κ2) is 4.87. The molecule has 0 aliphatic heterocycles. The van der Waals surface area contributed by atoms with E-state index in [1.165, 1.54) is 10.8 Å². The smallest absolute Gasteiger partial charge is 0.299 e. The Hall–Kier alpha value is -1.36. The maximum Gasteiger partial charge on any atom is 0.328 e. The van der Waals surface area contributed by atoms with Crippen molar-refractivity contribution in [2.24, 2.45) is 5.92 Å². The summed E-state index contributed by atoms with van der Waals surface area (Å²) in [6.07, 6.45) is 4.42. The second-order valence-electron chi connectivity index (χ2n) is 4.27. The lowest BCUT2D eigenvalue weighted by Crippen LogP contribution is -2.30. The van der Waals surface area contributed by atoms with Crippen molar-refractivity contribution in [3.05, 3.63) is 32.1 Å². The zero-order chi connectivity index (χ0) is 12.4. The molecule has 1 heterocycles. The number of Topliss-reactive ketones (excluding diaryl/α,β-unsaturated/α-hetero) is 1. The SMILES string of the molecule is O=C1CCCC1CCn1cc(Cl)c(=O)[nH]c1=O. The minimum absolute atomic E-state index is 0.0117. The molecular formula is C11H13ClN2O3. The van der Waals surface area contributed by atoms with Gasteiger partial charge in [0.15, 0.2) is 0 Å². The van der Waals surface area contributed by atoms with Gasteiger partial charge in [0.05, 0.1) is 0 Å². The summed E-state index contributed by atoms with van der Waals surface area (Å²) >= 11 is 5.64. The number of nitrogens with zero attached hydrogens (tertiary/aromatic N) is 1. The molecular weight excluding hydrogens is 244 g/mol. The van der Waals surface area contributed by atoms with Gasteiger partial charge in [-0.1, -0.05) is 11.6 Å². The Labute approximate surface area is 102 Å². The molecule has 1 aliphatic carbocycles. The number of rotatable bonds is 3. The summed E-state index contributed by atoms with van der Waals surface area (Å²) in [5.41, 5.74) is -1.06. The number of aromatic nitrogens is 2. The van der Waals surface area contributed by atoms with Gasteiger partial charge >= 0.3 is 5.69 Å². The second-order valence-corrected chi connectivity index (χ2v) is 4.68. The van der Waals surface area contributed by atoms with Crippen molar-refractivity contribution in [3.63, 3.8) is 0 Å². The van der Waals surface area contributed by atoms with Crippen LogP contribution in [0.2, 0.25) is 5.02 Å². The molecule has 2 rings (SSSR count). The predicted octanol–water partition coefficient (Wildman–Crippen LogP) is 0.949. The van der Waals surface area contributed by atoms with Crippen LogP contribution < -0.4 is 11.2 Å². The lowest BCUT2D eigenvalue weighted by Gasteiger charge is -2.09. The van der Waals surface area contributed by atoms with E-state index < -0.39 is 11.2 Å². The Bertz CT molecular complexity index is 546. The molecule has 5 nitrogen and oxygen atoms in total. The molecule has 1 aromatic rings. The molecule has 1 aliphatic rings. The van der Waals surface area contributed by atoms with Gasteiger partial charge in [0.25, 0.3) is 5.56 Å². The Morgan fingerprint density at radius 1 is 1.41 bits per heavy atom. The standard InChI is InChI=1S/C11H13ClN2O3/c12-8-6-14(11(17)13-10(8)16)5-4-7-2-1-3-9(7)15/h6-7H,1-5H2,(H,13,16,17). The van der Waals surface area contributed by atoms with Crippen molar-refractivity contribution in [2.75, 3.05) is 0 Å². The van der Waals surface area contributed by atoms with Crippen LogP contribution in [0, 0.1) is 5.92 Å². The van der Waals surface area contributed by atoms with Gasteiger partial charge in [0.1, 0.15) is 10.8 Å². The highest BCUT2D eigenvalue weighted by atomic mass is 35.5. The zero-order valence-electron chi connectivity index (χ0n) is 9.24. The third-order valence-corrected chi connectivity index (χ3v) is 3.39. The van der Waals surface area contributed by atoms with Crippen molar-refractivity contribution in [2.45, 2.75) is 32.2 Å². The predicted molar refractivity (Wildman–Crippen MR) is 63.3 cm³/mol. The lowest BCUT2D eigenvalue weighted by atomic mass is 10.0. The number of H-pyrrole nitrogens is 1. The Morgan fingerprint density at radius 3 is 2.82 bits per heavy atom. The van der Waals surface area contributed by atoms with Crippen LogP contribution in [0.1, 0.15) is 25.7 Å². The molecule has 1 unspecified atom stereocenters. The third kappa shape index (κ3) is 2.66. The molecule has 1 N–H and O–H groups in total. The van der Waals surface area contributed by atoms with Gasteiger partial charge in [-0.2, -0.15) is 0 Å². The first-order valence-electron chi connectivity index (χ1n) is 5.60. The summed E-state index contributed by atoms with van der Waals surface area (Å²) in [7, 11) is 0. The number of hydrogen-bond donors (Lipinski definition) is 1. The average Bonchev–Trinajstić information content (AvgIpc) is 2.68. The molecule has 1 atom stereocenters. The van der Waals surface area contributed by atoms with Gasteiger partial charge in [-0.05, 0) is 19.3 Å². The molecule has 0 saturated heterocycles. The van der Waals surface area contributed by atoms with Crippen LogP contribution in [0.4, 0.5) is 0 Å². The Morgan fingerprint density at radius 2 is 2.18 bits per heavy atom. The Balaban J connectivity index is 2.09. The van der Waals surface area contributed by atoms with Crippen LogP contribution in [-0.2, 0) is 11.3 Å². The van der Waals surface area contributed by atoms with Crippen molar-refractivity contribution in [3.8, 4) is 0 Å². The molecule has 0 spiro atoms. The highest BCUT2D eigenvalue weighted by Crippen LogP contribution is 2.24. The molecule has 0 amide bonds. The van der Waals surface area contributed by atoms with Crippen LogP contribution in [0.5, 0.6) is 0 Å². The van der Waals surface area contributed by atoms with Gasteiger partial charge in [-0.25, -0.2) is 4.79 Å². The first kappa shape index (κ1) is 12.1.